The first-order valence-electron chi connectivity index (χ1n) is 15.0. The van der Waals surface area contributed by atoms with Crippen LogP contribution in [0.5, 0.6) is 5.75 Å². The average molecular weight is 582 g/mol. The van der Waals surface area contributed by atoms with Gasteiger partial charge in [0, 0.05) is 18.5 Å². The van der Waals surface area contributed by atoms with Gasteiger partial charge in [0.1, 0.15) is 23.4 Å². The number of hydrogen-bond acceptors (Lipinski definition) is 5. The number of phenolic OH excluding ortho intramolecular Hbond substituents is 1. The highest BCUT2D eigenvalue weighted by atomic mass is 16.6. The third-order valence-electron chi connectivity index (χ3n) is 6.69. The summed E-state index contributed by atoms with van der Waals surface area (Å²) in [5.74, 6) is -0.547. The molecule has 0 aliphatic rings. The van der Waals surface area contributed by atoms with Gasteiger partial charge in [0.15, 0.2) is 0 Å². The smallest absolute Gasteiger partial charge is 0.408 e. The van der Waals surface area contributed by atoms with Gasteiger partial charge in [-0.05, 0) is 90.6 Å². The van der Waals surface area contributed by atoms with Gasteiger partial charge in [-0.15, -0.1) is 0 Å². The van der Waals surface area contributed by atoms with Crippen LogP contribution in [0.3, 0.4) is 0 Å². The molecule has 42 heavy (non-hydrogen) atoms. The quantitative estimate of drug-likeness (QED) is 0.248. The predicted octanol–water partition coefficient (Wildman–Crippen LogP) is 6.51. The Hall–Kier alpha value is -3.55. The molecule has 0 bridgehead atoms. The lowest BCUT2D eigenvalue weighted by Crippen LogP contribution is -2.55. The van der Waals surface area contributed by atoms with E-state index in [0.717, 1.165) is 41.5 Å². The van der Waals surface area contributed by atoms with Gasteiger partial charge >= 0.3 is 6.09 Å². The van der Waals surface area contributed by atoms with Crippen LogP contribution in [0.25, 0.3) is 0 Å². The fraction of sp³-hybridized carbons (Fsp3) is 0.559. The zero-order valence-electron chi connectivity index (χ0n) is 27.0. The van der Waals surface area contributed by atoms with Crippen molar-refractivity contribution >= 4 is 17.9 Å². The Morgan fingerprint density at radius 3 is 2.14 bits per heavy atom. The zero-order valence-corrected chi connectivity index (χ0v) is 27.0. The number of hydrogen-bond donors (Lipinski definition) is 3. The van der Waals surface area contributed by atoms with E-state index in [-0.39, 0.29) is 24.0 Å². The molecule has 0 heterocycles. The summed E-state index contributed by atoms with van der Waals surface area (Å²) >= 11 is 0. The van der Waals surface area contributed by atoms with E-state index in [2.05, 4.69) is 17.6 Å². The number of benzene rings is 2. The molecule has 0 aliphatic heterocycles. The molecule has 2 aromatic rings. The minimum Gasteiger partial charge on any atom is -0.508 e. The van der Waals surface area contributed by atoms with E-state index >= 15 is 0 Å². The summed E-state index contributed by atoms with van der Waals surface area (Å²) < 4.78 is 5.52. The van der Waals surface area contributed by atoms with Crippen LogP contribution in [-0.4, -0.2) is 51.6 Å². The molecule has 2 atom stereocenters. The van der Waals surface area contributed by atoms with Crippen LogP contribution >= 0.6 is 0 Å². The molecular weight excluding hydrogens is 530 g/mol. The first-order chi connectivity index (χ1) is 19.5. The predicted molar refractivity (Wildman–Crippen MR) is 167 cm³/mol. The van der Waals surface area contributed by atoms with Crippen molar-refractivity contribution in [3.63, 3.8) is 0 Å². The Balaban J connectivity index is 2.64. The van der Waals surface area contributed by atoms with Crippen molar-refractivity contribution in [1.82, 2.24) is 15.5 Å². The fourth-order valence-corrected chi connectivity index (χ4v) is 4.74. The molecule has 0 radical (unpaired) electrons. The number of carbonyl (C=O) groups is 3. The topological polar surface area (TPSA) is 108 Å². The number of nitrogens with one attached hydrogen (secondary N) is 2. The first kappa shape index (κ1) is 34.7. The second-order valence-electron chi connectivity index (χ2n) is 13.2. The summed E-state index contributed by atoms with van der Waals surface area (Å²) in [6.45, 7) is 17.4. The molecule has 2 aromatic carbocycles. The Morgan fingerprint density at radius 1 is 0.929 bits per heavy atom. The van der Waals surface area contributed by atoms with E-state index < -0.39 is 29.3 Å². The van der Waals surface area contributed by atoms with Crippen molar-refractivity contribution in [3.8, 4) is 5.75 Å². The minimum atomic E-state index is -1.01. The number of aryl methyl sites for hydroxylation is 2. The largest absolute Gasteiger partial charge is 0.508 e. The standard InChI is InChI=1S/C34H51N3O5/c1-10-11-12-13-20-37(29(30(39)36-33(4,5)6)27-21-23(2)14-15-24(27)3)31(40)28(35-32(41)42-34(7,8)9)22-25-16-18-26(38)19-17-25/h14-19,21,28-29,38H,10-13,20,22H2,1-9H3,(H,35,41)(H,36,39). The van der Waals surface area contributed by atoms with Gasteiger partial charge in [0.25, 0.3) is 0 Å². The van der Waals surface area contributed by atoms with Crippen LogP contribution in [0.2, 0.25) is 0 Å². The maximum atomic E-state index is 14.6. The molecule has 0 fully saturated rings. The van der Waals surface area contributed by atoms with E-state index in [4.69, 9.17) is 4.74 Å². The molecule has 3 N–H and O–H groups in total. The highest BCUT2D eigenvalue weighted by Gasteiger charge is 2.38. The van der Waals surface area contributed by atoms with Gasteiger partial charge in [0.05, 0.1) is 0 Å². The molecule has 0 saturated heterocycles. The normalized spacial score (nSPS) is 13.2. The molecule has 0 saturated carbocycles. The van der Waals surface area contributed by atoms with Crippen molar-refractivity contribution in [3.05, 3.63) is 64.7 Å². The monoisotopic (exact) mass is 581 g/mol. The summed E-state index contributed by atoms with van der Waals surface area (Å²) in [6, 6.07) is 10.5. The Morgan fingerprint density at radius 2 is 1.57 bits per heavy atom. The van der Waals surface area contributed by atoms with Crippen molar-refractivity contribution in [2.75, 3.05) is 6.54 Å². The van der Waals surface area contributed by atoms with Crippen molar-refractivity contribution in [1.29, 1.82) is 0 Å². The second-order valence-corrected chi connectivity index (χ2v) is 13.2. The van der Waals surface area contributed by atoms with E-state index in [1.54, 1.807) is 49.9 Å². The number of nitrogens with zero attached hydrogens (tertiary/aromatic N) is 1. The van der Waals surface area contributed by atoms with E-state index in [1.807, 2.05) is 52.8 Å². The Labute approximate surface area is 252 Å². The lowest BCUT2D eigenvalue weighted by molar-refractivity contribution is -0.143. The maximum Gasteiger partial charge on any atom is 0.408 e. The highest BCUT2D eigenvalue weighted by molar-refractivity contribution is 5.92. The van der Waals surface area contributed by atoms with Crippen molar-refractivity contribution in [2.45, 2.75) is 118 Å². The van der Waals surface area contributed by atoms with Crippen molar-refractivity contribution in [2.24, 2.45) is 0 Å². The zero-order chi connectivity index (χ0) is 31.7. The number of rotatable bonds is 12. The first-order valence-corrected chi connectivity index (χ1v) is 15.0. The summed E-state index contributed by atoms with van der Waals surface area (Å²) in [4.78, 5) is 43.2. The molecule has 232 valence electrons. The van der Waals surface area contributed by atoms with Crippen LogP contribution in [0.4, 0.5) is 4.79 Å². The number of phenols is 1. The van der Waals surface area contributed by atoms with Gasteiger partial charge in [-0.2, -0.15) is 0 Å². The third-order valence-corrected chi connectivity index (χ3v) is 6.69. The average Bonchev–Trinajstić information content (AvgIpc) is 2.86. The summed E-state index contributed by atoms with van der Waals surface area (Å²) in [7, 11) is 0. The van der Waals surface area contributed by atoms with E-state index in [9.17, 15) is 19.5 Å². The Kier molecular flexibility index (Phi) is 12.4. The number of carbonyl (C=O) groups excluding carboxylic acids is 3. The lowest BCUT2D eigenvalue weighted by atomic mass is 9.94. The van der Waals surface area contributed by atoms with Gasteiger partial charge in [-0.25, -0.2) is 4.79 Å². The van der Waals surface area contributed by atoms with Crippen LogP contribution in [0, 0.1) is 13.8 Å². The lowest BCUT2D eigenvalue weighted by Gasteiger charge is -2.37. The summed E-state index contributed by atoms with van der Waals surface area (Å²) in [5, 5.41) is 15.7. The molecule has 0 aliphatic carbocycles. The molecule has 0 aromatic heterocycles. The number of unbranched alkanes of at least 4 members (excludes halogenated alkanes) is 3. The molecule has 2 unspecified atom stereocenters. The molecule has 3 amide bonds. The number of aromatic hydroxyl groups is 1. The highest BCUT2D eigenvalue weighted by Crippen LogP contribution is 2.28. The summed E-state index contributed by atoms with van der Waals surface area (Å²) in [5.41, 5.74) is 2.09. The fourth-order valence-electron chi connectivity index (χ4n) is 4.74. The number of alkyl carbamates (subject to hydrolysis) is 1. The molecule has 8 heteroatoms. The van der Waals surface area contributed by atoms with Crippen LogP contribution in [0.1, 0.15) is 102 Å². The molecule has 8 nitrogen and oxygen atoms in total. The Bertz CT molecular complexity index is 1200. The molecular formula is C34H51N3O5. The van der Waals surface area contributed by atoms with Gasteiger partial charge in [0.2, 0.25) is 11.8 Å². The van der Waals surface area contributed by atoms with Crippen LogP contribution < -0.4 is 10.6 Å². The van der Waals surface area contributed by atoms with Gasteiger partial charge < -0.3 is 25.4 Å². The molecule has 0 spiro atoms. The third kappa shape index (κ3) is 11.4. The van der Waals surface area contributed by atoms with Crippen LogP contribution in [0.15, 0.2) is 42.5 Å². The van der Waals surface area contributed by atoms with E-state index in [1.165, 1.54) is 0 Å². The van der Waals surface area contributed by atoms with Gasteiger partial charge in [-0.3, -0.25) is 9.59 Å². The van der Waals surface area contributed by atoms with E-state index in [0.29, 0.717) is 13.0 Å². The maximum absolute atomic E-state index is 14.6. The van der Waals surface area contributed by atoms with Crippen LogP contribution in [-0.2, 0) is 20.7 Å². The minimum absolute atomic E-state index is 0.105. The van der Waals surface area contributed by atoms with Crippen molar-refractivity contribution < 1.29 is 24.2 Å². The molecule has 2 rings (SSSR count). The summed E-state index contributed by atoms with van der Waals surface area (Å²) in [6.07, 6.45) is 3.10. The second kappa shape index (κ2) is 15.1. The number of ether oxygens (including phenoxy) is 1. The van der Waals surface area contributed by atoms with Gasteiger partial charge in [-0.1, -0.05) is 62.1 Å². The SMILES string of the molecule is CCCCCCN(C(=O)C(Cc1ccc(O)cc1)NC(=O)OC(C)(C)C)C(C(=O)NC(C)(C)C)c1cc(C)ccc1C. The number of amides is 3.